The molecule has 6 nitrogen and oxygen atoms in total. The van der Waals surface area contributed by atoms with Crippen LogP contribution in [0.4, 0.5) is 5.69 Å². The smallest absolute Gasteiger partial charge is 0.269 e. The normalized spacial score (nSPS) is 10.4. The molecule has 0 aliphatic heterocycles. The summed E-state index contributed by atoms with van der Waals surface area (Å²) >= 11 is 4.94. The summed E-state index contributed by atoms with van der Waals surface area (Å²) in [5, 5.41) is 10.6. The molecule has 0 unspecified atom stereocenters. The van der Waals surface area contributed by atoms with Gasteiger partial charge in [-0.3, -0.25) is 19.9 Å². The highest BCUT2D eigenvalue weighted by molar-refractivity contribution is 7.71. The quantitative estimate of drug-likeness (QED) is 0.514. The number of hydrogen-bond donors (Lipinski definition) is 2. The van der Waals surface area contributed by atoms with Gasteiger partial charge >= 0.3 is 0 Å². The molecule has 2 rings (SSSR count). The number of rotatable bonds is 4. The van der Waals surface area contributed by atoms with E-state index < -0.39 is 4.92 Å². The largest absolute Gasteiger partial charge is 0.336 e. The van der Waals surface area contributed by atoms with Crippen LogP contribution in [-0.4, -0.2) is 14.9 Å². The summed E-state index contributed by atoms with van der Waals surface area (Å²) in [4.78, 5) is 27.6. The summed E-state index contributed by atoms with van der Waals surface area (Å²) in [6.07, 6.45) is 1.07. The van der Waals surface area contributed by atoms with Crippen molar-refractivity contribution >= 4 is 17.9 Å². The van der Waals surface area contributed by atoms with E-state index in [1.54, 1.807) is 12.1 Å². The van der Waals surface area contributed by atoms with Crippen molar-refractivity contribution in [1.82, 2.24) is 9.97 Å². The Morgan fingerprint density at radius 1 is 1.25 bits per heavy atom. The first-order chi connectivity index (χ1) is 9.51. The van der Waals surface area contributed by atoms with Crippen molar-refractivity contribution < 1.29 is 4.92 Å². The van der Waals surface area contributed by atoms with E-state index in [-0.39, 0.29) is 11.2 Å². The highest BCUT2D eigenvalue weighted by Gasteiger charge is 2.10. The molecule has 0 saturated carbocycles. The van der Waals surface area contributed by atoms with Crippen molar-refractivity contribution in [3.63, 3.8) is 0 Å². The third-order valence-corrected chi connectivity index (χ3v) is 3.22. The van der Waals surface area contributed by atoms with E-state index in [1.807, 2.05) is 6.92 Å². The van der Waals surface area contributed by atoms with Crippen molar-refractivity contribution in [2.45, 2.75) is 19.8 Å². The zero-order valence-corrected chi connectivity index (χ0v) is 11.6. The summed E-state index contributed by atoms with van der Waals surface area (Å²) in [6, 6.07) is 6.16. The number of nitrogens with one attached hydrogen (secondary N) is 2. The predicted molar refractivity (Wildman–Crippen MR) is 77.5 cm³/mol. The third-order valence-electron chi connectivity index (χ3n) is 3.01. The van der Waals surface area contributed by atoms with Gasteiger partial charge in [-0.1, -0.05) is 19.1 Å². The highest BCUT2D eigenvalue weighted by atomic mass is 32.1. The Kier molecular flexibility index (Phi) is 4.09. The summed E-state index contributed by atoms with van der Waals surface area (Å²) in [5.41, 5.74) is 2.04. The lowest BCUT2D eigenvalue weighted by molar-refractivity contribution is -0.384. The van der Waals surface area contributed by atoms with Gasteiger partial charge in [0.25, 0.3) is 11.2 Å². The number of nitro benzene ring substituents is 1. The van der Waals surface area contributed by atoms with Crippen LogP contribution in [0.25, 0.3) is 0 Å². The second-order valence-corrected chi connectivity index (χ2v) is 4.73. The summed E-state index contributed by atoms with van der Waals surface area (Å²) < 4.78 is 0.305. The number of nitro groups is 1. The Balaban J connectivity index is 2.37. The molecule has 2 aromatic rings. The monoisotopic (exact) mass is 291 g/mol. The summed E-state index contributed by atoms with van der Waals surface area (Å²) in [7, 11) is 0. The number of hydrogen-bond acceptors (Lipinski definition) is 4. The fraction of sp³-hybridized carbons (Fsp3) is 0.231. The first kappa shape index (κ1) is 14.1. The van der Waals surface area contributed by atoms with Crippen molar-refractivity contribution in [3.8, 4) is 0 Å². The number of non-ortho nitro benzene ring substituents is 1. The number of nitrogens with zero attached hydrogens (tertiary/aromatic N) is 1. The molecule has 1 heterocycles. The molecule has 1 aromatic carbocycles. The fourth-order valence-electron chi connectivity index (χ4n) is 1.99. The van der Waals surface area contributed by atoms with Crippen molar-refractivity contribution in [3.05, 3.63) is 66.3 Å². The molecular formula is C13H13N3O3S. The van der Waals surface area contributed by atoms with Crippen molar-refractivity contribution in [1.29, 1.82) is 0 Å². The zero-order valence-electron chi connectivity index (χ0n) is 10.8. The number of aromatic amines is 2. The molecular weight excluding hydrogens is 278 g/mol. The van der Waals surface area contributed by atoms with Gasteiger partial charge in [0.1, 0.15) is 0 Å². The van der Waals surface area contributed by atoms with Gasteiger partial charge in [-0.25, -0.2) is 0 Å². The van der Waals surface area contributed by atoms with Crippen LogP contribution >= 0.6 is 12.2 Å². The fourth-order valence-corrected chi connectivity index (χ4v) is 2.20. The minimum absolute atomic E-state index is 0.0332. The van der Waals surface area contributed by atoms with Crippen LogP contribution in [0.3, 0.4) is 0 Å². The van der Waals surface area contributed by atoms with Crippen LogP contribution in [-0.2, 0) is 12.8 Å². The highest BCUT2D eigenvalue weighted by Crippen LogP contribution is 2.15. The molecule has 20 heavy (non-hydrogen) atoms. The average Bonchev–Trinajstić information content (AvgIpc) is 2.42. The van der Waals surface area contributed by atoms with E-state index in [1.165, 1.54) is 12.1 Å². The molecule has 0 spiro atoms. The molecule has 0 aliphatic rings. The minimum Gasteiger partial charge on any atom is -0.336 e. The van der Waals surface area contributed by atoms with Crippen molar-refractivity contribution in [2.75, 3.05) is 0 Å². The van der Waals surface area contributed by atoms with Gasteiger partial charge in [-0.15, -0.1) is 0 Å². The SMILES string of the molecule is CCc1[nH]c(=S)[nH]c(=O)c1Cc1ccc([N+](=O)[O-])cc1. The van der Waals surface area contributed by atoms with Crippen LogP contribution in [0.1, 0.15) is 23.7 Å². The molecule has 1 aromatic heterocycles. The molecule has 0 aliphatic carbocycles. The molecule has 0 fully saturated rings. The molecule has 0 atom stereocenters. The molecule has 0 saturated heterocycles. The maximum Gasteiger partial charge on any atom is 0.269 e. The predicted octanol–water partition coefficient (Wildman–Crippen LogP) is 2.49. The minimum atomic E-state index is -0.451. The topological polar surface area (TPSA) is 91.8 Å². The van der Waals surface area contributed by atoms with E-state index in [2.05, 4.69) is 9.97 Å². The summed E-state index contributed by atoms with van der Waals surface area (Å²) in [6.45, 7) is 1.93. The van der Waals surface area contributed by atoms with Gasteiger partial charge in [0.05, 0.1) is 4.92 Å². The van der Waals surface area contributed by atoms with Gasteiger partial charge in [-0.2, -0.15) is 0 Å². The van der Waals surface area contributed by atoms with Gasteiger partial charge in [0, 0.05) is 29.8 Å². The van der Waals surface area contributed by atoms with Gasteiger partial charge in [0.2, 0.25) is 0 Å². The Labute approximate surface area is 119 Å². The maximum absolute atomic E-state index is 11.9. The lowest BCUT2D eigenvalue weighted by Crippen LogP contribution is -2.18. The zero-order chi connectivity index (χ0) is 14.7. The first-order valence-corrected chi connectivity index (χ1v) is 6.49. The van der Waals surface area contributed by atoms with E-state index in [0.717, 1.165) is 11.3 Å². The molecule has 0 amide bonds. The van der Waals surface area contributed by atoms with E-state index >= 15 is 0 Å². The van der Waals surface area contributed by atoms with Crippen LogP contribution in [0.5, 0.6) is 0 Å². The molecule has 0 bridgehead atoms. The molecule has 7 heteroatoms. The maximum atomic E-state index is 11.9. The third kappa shape index (κ3) is 3.00. The van der Waals surface area contributed by atoms with E-state index in [4.69, 9.17) is 12.2 Å². The molecule has 104 valence electrons. The average molecular weight is 291 g/mol. The second-order valence-electron chi connectivity index (χ2n) is 4.32. The lowest BCUT2D eigenvalue weighted by Gasteiger charge is -2.06. The van der Waals surface area contributed by atoms with Gasteiger partial charge in [0.15, 0.2) is 4.77 Å². The number of aryl methyl sites for hydroxylation is 1. The van der Waals surface area contributed by atoms with E-state index in [0.29, 0.717) is 23.2 Å². The Bertz CT molecular complexity index is 747. The van der Waals surface area contributed by atoms with Crippen LogP contribution in [0.2, 0.25) is 0 Å². The number of H-pyrrole nitrogens is 2. The van der Waals surface area contributed by atoms with Gasteiger partial charge < -0.3 is 4.98 Å². The Morgan fingerprint density at radius 3 is 2.45 bits per heavy atom. The van der Waals surface area contributed by atoms with Crippen LogP contribution in [0.15, 0.2) is 29.1 Å². The summed E-state index contributed by atoms with van der Waals surface area (Å²) in [5.74, 6) is 0. The van der Waals surface area contributed by atoms with Crippen LogP contribution in [0, 0.1) is 14.9 Å². The Hall–Kier alpha value is -2.28. The first-order valence-electron chi connectivity index (χ1n) is 6.09. The van der Waals surface area contributed by atoms with Crippen molar-refractivity contribution in [2.24, 2.45) is 0 Å². The number of benzene rings is 1. The standard InChI is InChI=1S/C13H13N3O3S/c1-2-11-10(12(17)15-13(20)14-11)7-8-3-5-9(6-4-8)16(18)19/h3-6H,2,7H2,1H3,(H2,14,15,17,20). The second kappa shape index (κ2) is 5.79. The molecule has 2 N–H and O–H groups in total. The lowest BCUT2D eigenvalue weighted by atomic mass is 10.0. The molecule has 0 radical (unpaired) electrons. The van der Waals surface area contributed by atoms with Gasteiger partial charge in [-0.05, 0) is 24.2 Å². The van der Waals surface area contributed by atoms with E-state index in [9.17, 15) is 14.9 Å². The number of aromatic nitrogens is 2. The Morgan fingerprint density at radius 2 is 1.90 bits per heavy atom. The van der Waals surface area contributed by atoms with Crippen LogP contribution < -0.4 is 5.56 Å².